The first-order chi connectivity index (χ1) is 2.77. The van der Waals surface area contributed by atoms with Gasteiger partial charge in [0.15, 0.2) is 0 Å². The van der Waals surface area contributed by atoms with Crippen LogP contribution in [0.3, 0.4) is 0 Å². The Hall–Kier alpha value is -0.675. The Morgan fingerprint density at radius 3 is 1.60 bits per heavy atom. The normalized spacial score (nSPS) is 4.60. The molecule has 60 valence electrons. The van der Waals surface area contributed by atoms with E-state index in [4.69, 9.17) is 0 Å². The van der Waals surface area contributed by atoms with Crippen molar-refractivity contribution in [1.29, 1.82) is 0 Å². The summed E-state index contributed by atoms with van der Waals surface area (Å²) in [5.74, 6) is -0.211. The zero-order valence-electron chi connectivity index (χ0n) is 5.73. The largest absolute Gasteiger partial charge is 3.00 e. The van der Waals surface area contributed by atoms with Gasteiger partial charge in [0, 0.05) is 6.92 Å². The molecule has 0 aliphatic carbocycles. The van der Waals surface area contributed by atoms with Gasteiger partial charge in [0.05, 0.1) is 6.61 Å². The Kier molecular flexibility index (Phi) is 82.5. The van der Waals surface area contributed by atoms with Gasteiger partial charge in [0.25, 0.3) is 0 Å². The molecule has 0 rings (SSSR count). The fourth-order valence-electron chi connectivity index (χ4n) is 0.203. The monoisotopic (exact) mass is 156 g/mol. The third-order valence-electron chi connectivity index (χ3n) is 0.348. The average Bonchev–Trinajstić information content (AvgIpc) is 1.35. The molecule has 0 saturated carbocycles. The summed E-state index contributed by atoms with van der Waals surface area (Å²) in [6.45, 7) is 3.65. The van der Waals surface area contributed by atoms with E-state index in [0.717, 1.165) is 0 Å². The third kappa shape index (κ3) is 54.2. The van der Waals surface area contributed by atoms with E-state index in [1.807, 2.05) is 0 Å². The van der Waals surface area contributed by atoms with Crippen LogP contribution in [0.25, 0.3) is 0 Å². The maximum absolute atomic E-state index is 9.82. The molecule has 0 aliphatic heterocycles. The van der Waals surface area contributed by atoms with Crippen molar-refractivity contribution in [2.24, 2.45) is 0 Å². The minimum absolute atomic E-state index is 0. The molecule has 0 heterocycles. The van der Waals surface area contributed by atoms with Crippen LogP contribution in [0.2, 0.25) is 0 Å². The molecule has 0 N–H and O–H groups in total. The van der Waals surface area contributed by atoms with Crippen LogP contribution in [0.4, 0.5) is 0 Å². The van der Waals surface area contributed by atoms with Crippen LogP contribution in [0, 0.1) is 0 Å². The van der Waals surface area contributed by atoms with Crippen molar-refractivity contribution in [3.63, 3.8) is 0 Å². The second-order valence-electron chi connectivity index (χ2n) is 0.925. The first-order valence-electron chi connectivity index (χ1n) is 1.90. The number of esters is 1. The average molecular weight is 156 g/mol. The van der Waals surface area contributed by atoms with Gasteiger partial charge < -0.3 is 18.9 Å². The molecule has 2 nitrogen and oxygen atoms in total. The van der Waals surface area contributed by atoms with Gasteiger partial charge in [-0.1, -0.05) is 0 Å². The van der Waals surface area contributed by atoms with Gasteiger partial charge in [-0.05, 0) is 6.92 Å². The molecular weight excluding hydrogens is 148 g/mol. The second kappa shape index (κ2) is 23.9. The van der Waals surface area contributed by atoms with Crippen molar-refractivity contribution < 1.29 is 23.6 Å². The molecule has 10 heavy (non-hydrogen) atoms. The summed E-state index contributed by atoms with van der Waals surface area (Å²) in [7, 11) is 0. The van der Waals surface area contributed by atoms with E-state index < -0.39 is 0 Å². The van der Waals surface area contributed by atoms with Crippen LogP contribution in [-0.4, -0.2) is 21.0 Å². The molecule has 0 aromatic carbocycles. The molecular formula is C4H8BF3O2. The summed E-state index contributed by atoms with van der Waals surface area (Å²) < 4.78 is 4.40. The first-order valence-corrected chi connectivity index (χ1v) is 1.90. The standard InChI is InChI=1S/C4H8O2.B.3FH/c1-3-6-4(2)5;;;;/h3H2,1-2H3;;3*1H/q;+3;;;/p-3. The predicted molar refractivity (Wildman–Crippen MR) is 28.1 cm³/mol. The molecule has 0 saturated heterocycles. The van der Waals surface area contributed by atoms with E-state index in [1.165, 1.54) is 6.92 Å². The number of rotatable bonds is 1. The Morgan fingerprint density at radius 1 is 1.30 bits per heavy atom. The van der Waals surface area contributed by atoms with Crippen molar-refractivity contribution in [2.45, 2.75) is 13.8 Å². The molecule has 0 spiro atoms. The molecule has 6 heteroatoms. The summed E-state index contributed by atoms with van der Waals surface area (Å²) in [6.07, 6.45) is 0. The number of ether oxygens (including phenoxy) is 1. The summed E-state index contributed by atoms with van der Waals surface area (Å²) >= 11 is 0. The fourth-order valence-corrected chi connectivity index (χ4v) is 0.203. The quantitative estimate of drug-likeness (QED) is 0.278. The molecule has 0 unspecified atom stereocenters. The zero-order chi connectivity index (χ0) is 4.99. The van der Waals surface area contributed by atoms with Crippen LogP contribution in [0.5, 0.6) is 0 Å². The van der Waals surface area contributed by atoms with E-state index in [1.54, 1.807) is 6.92 Å². The van der Waals surface area contributed by atoms with Crippen LogP contribution in [0.15, 0.2) is 0 Å². The van der Waals surface area contributed by atoms with Gasteiger partial charge >= 0.3 is 14.4 Å². The Morgan fingerprint density at radius 2 is 1.60 bits per heavy atom. The summed E-state index contributed by atoms with van der Waals surface area (Å²) in [6, 6.07) is 0. The van der Waals surface area contributed by atoms with E-state index >= 15 is 0 Å². The molecule has 0 aliphatic rings. The predicted octanol–water partition coefficient (Wildman–Crippen LogP) is -8.80. The first kappa shape index (κ1) is 34.6. The summed E-state index contributed by atoms with van der Waals surface area (Å²) in [5.41, 5.74) is 0. The van der Waals surface area contributed by atoms with E-state index in [2.05, 4.69) is 4.74 Å². The van der Waals surface area contributed by atoms with Crippen molar-refractivity contribution in [1.82, 2.24) is 0 Å². The summed E-state index contributed by atoms with van der Waals surface area (Å²) in [4.78, 5) is 9.82. The maximum Gasteiger partial charge on any atom is 3.00 e. The van der Waals surface area contributed by atoms with Gasteiger partial charge in [-0.2, -0.15) is 0 Å². The minimum Gasteiger partial charge on any atom is -1.00 e. The van der Waals surface area contributed by atoms with Crippen LogP contribution in [-0.2, 0) is 9.53 Å². The molecule has 0 bridgehead atoms. The van der Waals surface area contributed by atoms with E-state index in [0.29, 0.717) is 6.61 Å². The molecule has 0 fully saturated rings. The number of carbonyl (C=O) groups excluding carboxylic acids is 1. The van der Waals surface area contributed by atoms with Gasteiger partial charge in [0.2, 0.25) is 0 Å². The van der Waals surface area contributed by atoms with E-state index in [9.17, 15) is 4.79 Å². The Balaban J connectivity index is -0.0000000208. The van der Waals surface area contributed by atoms with Crippen molar-refractivity contribution >= 4 is 14.4 Å². The maximum atomic E-state index is 9.82. The summed E-state index contributed by atoms with van der Waals surface area (Å²) in [5, 5.41) is 0. The van der Waals surface area contributed by atoms with Crippen molar-refractivity contribution in [3.05, 3.63) is 0 Å². The van der Waals surface area contributed by atoms with Crippen LogP contribution < -0.4 is 14.1 Å². The molecule has 0 aromatic heterocycles. The Labute approximate surface area is 59.6 Å². The van der Waals surface area contributed by atoms with E-state index in [-0.39, 0.29) is 28.5 Å². The molecule has 0 radical (unpaired) electrons. The van der Waals surface area contributed by atoms with Crippen molar-refractivity contribution in [2.75, 3.05) is 6.61 Å². The van der Waals surface area contributed by atoms with Gasteiger partial charge in [-0.25, -0.2) is 0 Å². The van der Waals surface area contributed by atoms with Crippen molar-refractivity contribution in [3.8, 4) is 0 Å². The number of hydrogen-bond donors (Lipinski definition) is 0. The van der Waals surface area contributed by atoms with Gasteiger partial charge in [-0.15, -0.1) is 0 Å². The second-order valence-corrected chi connectivity index (χ2v) is 0.925. The number of hydrogen-bond acceptors (Lipinski definition) is 2. The smallest absolute Gasteiger partial charge is 1.00 e. The zero-order valence-corrected chi connectivity index (χ0v) is 5.73. The fraction of sp³-hybridized carbons (Fsp3) is 0.750. The van der Waals surface area contributed by atoms with Gasteiger partial charge in [0.1, 0.15) is 0 Å². The molecule has 0 aromatic rings. The Bertz CT molecular complexity index is 62.5. The van der Waals surface area contributed by atoms with Crippen LogP contribution in [0.1, 0.15) is 13.8 Å². The SMILES string of the molecule is CCOC(C)=O.[B+3].[F-].[F-].[F-]. The molecule has 0 amide bonds. The number of halogens is 3. The number of carbonyl (C=O) groups is 1. The van der Waals surface area contributed by atoms with Gasteiger partial charge in [-0.3, -0.25) is 4.79 Å². The minimum atomic E-state index is -0.211. The molecule has 0 atom stereocenters. The topological polar surface area (TPSA) is 26.3 Å². The van der Waals surface area contributed by atoms with Crippen LogP contribution >= 0.6 is 0 Å². The third-order valence-corrected chi connectivity index (χ3v) is 0.348.